The van der Waals surface area contributed by atoms with Crippen molar-refractivity contribution in [3.63, 3.8) is 0 Å². The molecule has 1 rings (SSSR count). The molecule has 1 aromatic heterocycles. The van der Waals surface area contributed by atoms with Gasteiger partial charge in [0.25, 0.3) is 10.0 Å². The van der Waals surface area contributed by atoms with Crippen molar-refractivity contribution < 1.29 is 26.7 Å². The van der Waals surface area contributed by atoms with Crippen LogP contribution in [-0.4, -0.2) is 61.0 Å². The lowest BCUT2D eigenvalue weighted by molar-refractivity contribution is -0.139. The minimum Gasteiger partial charge on any atom is -0.480 e. The monoisotopic (exact) mass is 404 g/mol. The number of hydrogen-bond donors (Lipinski definition) is 2. The number of carbonyl (C=O) groups is 1. The summed E-state index contributed by atoms with van der Waals surface area (Å²) in [6.07, 6.45) is 0.540. The summed E-state index contributed by atoms with van der Waals surface area (Å²) in [4.78, 5) is 11.1. The van der Waals surface area contributed by atoms with Crippen molar-refractivity contribution in [3.8, 4) is 0 Å². The number of sulfonamides is 1. The standard InChI is InChI=1S/C8H13BrN4O6S2/c1-13-7(6(9)10-12-13)21(18,19)11-5(8(14)15)3-4-20(2,16)17/h5,11H,3-4H2,1-2H3,(H,14,15). The van der Waals surface area contributed by atoms with E-state index in [2.05, 4.69) is 26.2 Å². The second-order valence-corrected chi connectivity index (χ2v) is 8.88. The van der Waals surface area contributed by atoms with Gasteiger partial charge in [-0.1, -0.05) is 5.21 Å². The molecule has 2 N–H and O–H groups in total. The maximum Gasteiger partial charge on any atom is 0.321 e. The topological polar surface area (TPSA) is 148 Å². The molecule has 1 unspecified atom stereocenters. The third-order valence-electron chi connectivity index (χ3n) is 2.36. The first-order valence-corrected chi connectivity index (χ1v) is 9.76. The van der Waals surface area contributed by atoms with Crippen LogP contribution in [0.5, 0.6) is 0 Å². The highest BCUT2D eigenvalue weighted by atomic mass is 79.9. The molecular weight excluding hydrogens is 392 g/mol. The molecule has 10 nitrogen and oxygen atoms in total. The Kier molecular flexibility index (Phi) is 5.46. The summed E-state index contributed by atoms with van der Waals surface area (Å²) >= 11 is 2.89. The molecule has 0 aliphatic heterocycles. The number of rotatable bonds is 7. The molecule has 21 heavy (non-hydrogen) atoms. The molecule has 0 aliphatic carbocycles. The van der Waals surface area contributed by atoms with Crippen molar-refractivity contribution in [3.05, 3.63) is 4.60 Å². The van der Waals surface area contributed by atoms with Crippen LogP contribution in [0, 0.1) is 0 Å². The first-order valence-electron chi connectivity index (χ1n) is 5.42. The van der Waals surface area contributed by atoms with Crippen LogP contribution in [0.2, 0.25) is 0 Å². The Morgan fingerprint density at radius 1 is 1.43 bits per heavy atom. The summed E-state index contributed by atoms with van der Waals surface area (Å²) in [5.41, 5.74) is 0. The van der Waals surface area contributed by atoms with Crippen LogP contribution >= 0.6 is 15.9 Å². The zero-order valence-electron chi connectivity index (χ0n) is 11.0. The molecule has 13 heteroatoms. The predicted molar refractivity (Wildman–Crippen MR) is 74.8 cm³/mol. The van der Waals surface area contributed by atoms with E-state index in [1.807, 2.05) is 4.72 Å². The van der Waals surface area contributed by atoms with Gasteiger partial charge in [-0.15, -0.1) is 5.10 Å². The molecule has 0 aliphatic rings. The normalized spacial score (nSPS) is 14.0. The fraction of sp³-hybridized carbons (Fsp3) is 0.625. The lowest BCUT2D eigenvalue weighted by Crippen LogP contribution is -2.42. The van der Waals surface area contributed by atoms with E-state index < -0.39 is 44.0 Å². The van der Waals surface area contributed by atoms with Crippen molar-refractivity contribution in [1.82, 2.24) is 19.7 Å². The second-order valence-electron chi connectivity index (χ2n) is 4.24. The van der Waals surface area contributed by atoms with Crippen molar-refractivity contribution in [2.45, 2.75) is 17.5 Å². The Morgan fingerprint density at radius 3 is 2.38 bits per heavy atom. The van der Waals surface area contributed by atoms with Crippen LogP contribution < -0.4 is 4.72 Å². The Hall–Kier alpha value is -1.05. The zero-order valence-corrected chi connectivity index (χ0v) is 14.2. The highest BCUT2D eigenvalue weighted by molar-refractivity contribution is 9.10. The third kappa shape index (κ3) is 5.01. The van der Waals surface area contributed by atoms with Crippen molar-refractivity contribution >= 4 is 41.8 Å². The van der Waals surface area contributed by atoms with E-state index in [4.69, 9.17) is 5.11 Å². The summed E-state index contributed by atoms with van der Waals surface area (Å²) in [6, 6.07) is -1.58. The SMILES string of the molecule is Cn1nnc(Br)c1S(=O)(=O)NC(CCS(C)(=O)=O)C(=O)O. The van der Waals surface area contributed by atoms with E-state index in [0.29, 0.717) is 0 Å². The van der Waals surface area contributed by atoms with Crippen LogP contribution in [0.1, 0.15) is 6.42 Å². The van der Waals surface area contributed by atoms with Crippen molar-refractivity contribution in [1.29, 1.82) is 0 Å². The lowest BCUT2D eigenvalue weighted by atomic mass is 10.2. The fourth-order valence-electron chi connectivity index (χ4n) is 1.42. The lowest BCUT2D eigenvalue weighted by Gasteiger charge is -2.14. The van der Waals surface area contributed by atoms with Gasteiger partial charge in [-0.05, 0) is 22.4 Å². The molecule has 0 saturated carbocycles. The van der Waals surface area contributed by atoms with Gasteiger partial charge in [0.05, 0.1) is 5.75 Å². The quantitative estimate of drug-likeness (QED) is 0.571. The van der Waals surface area contributed by atoms with Gasteiger partial charge >= 0.3 is 5.97 Å². The summed E-state index contributed by atoms with van der Waals surface area (Å²) in [5.74, 6) is -1.94. The summed E-state index contributed by atoms with van der Waals surface area (Å²) in [7, 11) is -6.32. The van der Waals surface area contributed by atoms with Crippen LogP contribution in [0.25, 0.3) is 0 Å². The molecule has 120 valence electrons. The van der Waals surface area contributed by atoms with E-state index >= 15 is 0 Å². The Balaban J connectivity index is 3.01. The molecule has 0 saturated heterocycles. The van der Waals surface area contributed by atoms with Gasteiger partial charge in [-0.2, -0.15) is 4.72 Å². The number of nitrogens with zero attached hydrogens (tertiary/aromatic N) is 3. The van der Waals surface area contributed by atoms with Gasteiger partial charge in [0.1, 0.15) is 15.9 Å². The molecule has 0 amide bonds. The Labute approximate surface area is 129 Å². The van der Waals surface area contributed by atoms with E-state index in [1.165, 1.54) is 7.05 Å². The summed E-state index contributed by atoms with van der Waals surface area (Å²) in [5, 5.41) is 15.6. The van der Waals surface area contributed by atoms with Crippen LogP contribution in [-0.2, 0) is 31.7 Å². The molecule has 0 bridgehead atoms. The summed E-state index contributed by atoms with van der Waals surface area (Å²) in [6.45, 7) is 0. The maximum absolute atomic E-state index is 12.1. The molecule has 1 atom stereocenters. The van der Waals surface area contributed by atoms with Gasteiger partial charge in [0.2, 0.25) is 5.03 Å². The average Bonchev–Trinajstić information content (AvgIpc) is 2.63. The average molecular weight is 405 g/mol. The fourth-order valence-corrected chi connectivity index (χ4v) is 4.40. The van der Waals surface area contributed by atoms with Crippen molar-refractivity contribution in [2.75, 3.05) is 12.0 Å². The predicted octanol–water partition coefficient (Wildman–Crippen LogP) is -1.26. The van der Waals surface area contributed by atoms with E-state index in [1.54, 1.807) is 0 Å². The largest absolute Gasteiger partial charge is 0.480 e. The molecule has 0 radical (unpaired) electrons. The van der Waals surface area contributed by atoms with Crippen LogP contribution in [0.3, 0.4) is 0 Å². The minimum absolute atomic E-state index is 0.0789. The summed E-state index contributed by atoms with van der Waals surface area (Å²) < 4.78 is 49.2. The zero-order chi connectivity index (χ0) is 16.4. The number of carboxylic acid groups (broad SMARTS) is 1. The maximum atomic E-state index is 12.1. The van der Waals surface area contributed by atoms with Crippen LogP contribution in [0.15, 0.2) is 9.63 Å². The number of halogens is 1. The highest BCUT2D eigenvalue weighted by Gasteiger charge is 2.30. The Morgan fingerprint density at radius 2 is 2.00 bits per heavy atom. The molecule has 0 fully saturated rings. The molecule has 1 aromatic rings. The second kappa shape index (κ2) is 6.37. The number of carboxylic acids is 1. The smallest absolute Gasteiger partial charge is 0.321 e. The van der Waals surface area contributed by atoms with E-state index in [0.717, 1.165) is 10.9 Å². The van der Waals surface area contributed by atoms with Gasteiger partial charge in [-0.3, -0.25) is 4.79 Å². The molecule has 0 spiro atoms. The number of aryl methyl sites for hydroxylation is 1. The molecule has 1 heterocycles. The van der Waals surface area contributed by atoms with Gasteiger partial charge in [0, 0.05) is 13.3 Å². The number of aromatic nitrogens is 3. The van der Waals surface area contributed by atoms with Crippen molar-refractivity contribution in [2.24, 2.45) is 7.05 Å². The number of nitrogens with one attached hydrogen (secondary N) is 1. The van der Waals surface area contributed by atoms with Crippen LogP contribution in [0.4, 0.5) is 0 Å². The molecular formula is C8H13BrN4O6S2. The first kappa shape index (κ1) is 18.0. The highest BCUT2D eigenvalue weighted by Crippen LogP contribution is 2.18. The molecule has 0 aromatic carbocycles. The van der Waals surface area contributed by atoms with E-state index in [9.17, 15) is 21.6 Å². The van der Waals surface area contributed by atoms with E-state index in [-0.39, 0.29) is 9.63 Å². The van der Waals surface area contributed by atoms with Gasteiger partial charge in [0.15, 0.2) is 4.60 Å². The van der Waals surface area contributed by atoms with Gasteiger partial charge in [-0.25, -0.2) is 21.5 Å². The van der Waals surface area contributed by atoms with Gasteiger partial charge < -0.3 is 5.11 Å². The minimum atomic E-state index is -4.22. The third-order valence-corrected chi connectivity index (χ3v) is 5.70. The first-order chi connectivity index (χ1) is 9.44. The Bertz CT molecular complexity index is 721. The number of aliphatic carboxylic acids is 1. The number of sulfone groups is 1. The number of hydrogen-bond acceptors (Lipinski definition) is 7.